The van der Waals surface area contributed by atoms with E-state index in [0.29, 0.717) is 6.29 Å². The normalized spacial score (nSPS) is 14.5. The predicted octanol–water partition coefficient (Wildman–Crippen LogP) is 3.53. The molecule has 0 saturated heterocycles. The summed E-state index contributed by atoms with van der Waals surface area (Å²) in [5.41, 5.74) is -0.520. The van der Waals surface area contributed by atoms with Crippen LogP contribution in [0.25, 0.3) is 0 Å². The van der Waals surface area contributed by atoms with Gasteiger partial charge in [0.05, 0.1) is 17.4 Å². The van der Waals surface area contributed by atoms with Gasteiger partial charge >= 0.3 is 6.09 Å². The van der Waals surface area contributed by atoms with Crippen LogP contribution in [-0.2, 0) is 4.74 Å². The number of hydrogen-bond acceptors (Lipinski definition) is 4. The van der Waals surface area contributed by atoms with E-state index in [2.05, 4.69) is 5.32 Å². The van der Waals surface area contributed by atoms with E-state index >= 15 is 0 Å². The lowest BCUT2D eigenvalue weighted by atomic mass is 10.1. The quantitative estimate of drug-likeness (QED) is 0.863. The summed E-state index contributed by atoms with van der Waals surface area (Å²) in [6, 6.07) is 2.18. The van der Waals surface area contributed by atoms with Crippen LogP contribution < -0.4 is 10.1 Å². The molecule has 1 amide bonds. The first kappa shape index (κ1) is 15.3. The molecule has 0 bridgehead atoms. The maximum Gasteiger partial charge on any atom is 0.412 e. The first-order chi connectivity index (χ1) is 9.78. The predicted molar refractivity (Wildman–Crippen MR) is 75.3 cm³/mol. The highest BCUT2D eigenvalue weighted by Crippen LogP contribution is 2.35. The fourth-order valence-electron chi connectivity index (χ4n) is 1.69. The van der Waals surface area contributed by atoms with Gasteiger partial charge in [0.1, 0.15) is 11.4 Å². The lowest BCUT2D eigenvalue weighted by molar-refractivity contribution is 0.0635. The zero-order valence-corrected chi connectivity index (χ0v) is 12.2. The van der Waals surface area contributed by atoms with E-state index in [1.807, 2.05) is 0 Å². The molecular formula is C15H18FNO4. The molecule has 1 aliphatic carbocycles. The third-order valence-corrected chi connectivity index (χ3v) is 2.65. The van der Waals surface area contributed by atoms with Crippen LogP contribution in [0.2, 0.25) is 0 Å². The number of hydrogen-bond donors (Lipinski definition) is 1. The summed E-state index contributed by atoms with van der Waals surface area (Å²) in [7, 11) is 0. The average molecular weight is 295 g/mol. The molecule has 0 heterocycles. The SMILES string of the molecule is CC(C)(C)OC(=O)Nc1cc(F)cc(C=O)c1OC1CC1. The second kappa shape index (κ2) is 5.71. The molecule has 5 nitrogen and oxygen atoms in total. The van der Waals surface area contributed by atoms with Gasteiger partial charge in [-0.25, -0.2) is 9.18 Å². The van der Waals surface area contributed by atoms with Crippen LogP contribution >= 0.6 is 0 Å². The molecule has 1 saturated carbocycles. The Morgan fingerprint density at radius 3 is 2.57 bits per heavy atom. The van der Waals surface area contributed by atoms with Gasteiger partial charge in [0.2, 0.25) is 0 Å². The molecule has 0 atom stereocenters. The molecule has 21 heavy (non-hydrogen) atoms. The molecule has 1 aromatic rings. The second-order valence-electron chi connectivity index (χ2n) is 5.93. The summed E-state index contributed by atoms with van der Waals surface area (Å²) < 4.78 is 24.2. The molecule has 0 radical (unpaired) electrons. The van der Waals surface area contributed by atoms with Crippen molar-refractivity contribution in [2.45, 2.75) is 45.3 Å². The highest BCUT2D eigenvalue weighted by Gasteiger charge is 2.27. The lowest BCUT2D eigenvalue weighted by Crippen LogP contribution is -2.27. The van der Waals surface area contributed by atoms with Crippen LogP contribution in [-0.4, -0.2) is 24.1 Å². The molecule has 0 unspecified atom stereocenters. The monoisotopic (exact) mass is 295 g/mol. The summed E-state index contributed by atoms with van der Waals surface area (Å²) in [5, 5.41) is 2.43. The molecule has 1 N–H and O–H groups in total. The number of aldehydes is 1. The zero-order valence-electron chi connectivity index (χ0n) is 12.2. The van der Waals surface area contributed by atoms with Crippen molar-refractivity contribution in [3.8, 4) is 5.75 Å². The number of anilines is 1. The summed E-state index contributed by atoms with van der Waals surface area (Å²) in [4.78, 5) is 22.9. The Bertz CT molecular complexity index is 562. The maximum atomic E-state index is 13.5. The van der Waals surface area contributed by atoms with Crippen LogP contribution in [0.3, 0.4) is 0 Å². The molecule has 2 rings (SSSR count). The van der Waals surface area contributed by atoms with E-state index < -0.39 is 17.5 Å². The summed E-state index contributed by atoms with van der Waals surface area (Å²) in [6.45, 7) is 5.16. The number of nitrogens with one attached hydrogen (secondary N) is 1. The largest absolute Gasteiger partial charge is 0.487 e. The lowest BCUT2D eigenvalue weighted by Gasteiger charge is -2.21. The van der Waals surface area contributed by atoms with Crippen LogP contribution in [0.1, 0.15) is 44.0 Å². The van der Waals surface area contributed by atoms with Crippen LogP contribution in [0, 0.1) is 5.82 Å². The van der Waals surface area contributed by atoms with Gasteiger partial charge < -0.3 is 9.47 Å². The molecule has 1 aliphatic rings. The molecule has 114 valence electrons. The van der Waals surface area contributed by atoms with E-state index in [1.165, 1.54) is 0 Å². The van der Waals surface area contributed by atoms with Gasteiger partial charge in [0.15, 0.2) is 12.0 Å². The van der Waals surface area contributed by atoms with Crippen molar-refractivity contribution in [1.29, 1.82) is 0 Å². The number of rotatable bonds is 4. The Balaban J connectivity index is 2.25. The maximum absolute atomic E-state index is 13.5. The third-order valence-electron chi connectivity index (χ3n) is 2.65. The van der Waals surface area contributed by atoms with Gasteiger partial charge in [0, 0.05) is 6.07 Å². The minimum atomic E-state index is -0.731. The van der Waals surface area contributed by atoms with E-state index in [9.17, 15) is 14.0 Å². The number of carbonyl (C=O) groups excluding carboxylic acids is 2. The molecule has 0 spiro atoms. The fourth-order valence-corrected chi connectivity index (χ4v) is 1.69. The molecule has 6 heteroatoms. The Kier molecular flexibility index (Phi) is 4.16. The van der Waals surface area contributed by atoms with Gasteiger partial charge in [-0.3, -0.25) is 10.1 Å². The van der Waals surface area contributed by atoms with E-state index in [-0.39, 0.29) is 23.1 Å². The van der Waals surface area contributed by atoms with Crippen LogP contribution in [0.5, 0.6) is 5.75 Å². The van der Waals surface area contributed by atoms with E-state index in [1.54, 1.807) is 20.8 Å². The van der Waals surface area contributed by atoms with Crippen molar-refractivity contribution in [3.05, 3.63) is 23.5 Å². The Hall–Kier alpha value is -2.11. The van der Waals surface area contributed by atoms with Gasteiger partial charge in [-0.2, -0.15) is 0 Å². The van der Waals surface area contributed by atoms with Gasteiger partial charge in [-0.15, -0.1) is 0 Å². The topological polar surface area (TPSA) is 64.6 Å². The molecular weight excluding hydrogens is 277 g/mol. The fraction of sp³-hybridized carbons (Fsp3) is 0.467. The average Bonchev–Trinajstić information content (AvgIpc) is 3.13. The van der Waals surface area contributed by atoms with Crippen LogP contribution in [0.15, 0.2) is 12.1 Å². The number of carbonyl (C=O) groups is 2. The smallest absolute Gasteiger partial charge is 0.412 e. The molecule has 1 fully saturated rings. The van der Waals surface area contributed by atoms with Gasteiger partial charge in [0.25, 0.3) is 0 Å². The van der Waals surface area contributed by atoms with Crippen molar-refractivity contribution >= 4 is 18.1 Å². The number of ether oxygens (including phenoxy) is 2. The first-order valence-electron chi connectivity index (χ1n) is 6.74. The van der Waals surface area contributed by atoms with Crippen LogP contribution in [0.4, 0.5) is 14.9 Å². The Labute approximate surface area is 122 Å². The van der Waals surface area contributed by atoms with Crippen molar-refractivity contribution < 1.29 is 23.5 Å². The van der Waals surface area contributed by atoms with Crippen molar-refractivity contribution in [1.82, 2.24) is 0 Å². The number of halogens is 1. The van der Waals surface area contributed by atoms with E-state index in [4.69, 9.17) is 9.47 Å². The summed E-state index contributed by atoms with van der Waals surface area (Å²) >= 11 is 0. The first-order valence-corrected chi connectivity index (χ1v) is 6.74. The standard InChI is InChI=1S/C15H18FNO4/c1-15(2,3)21-14(19)17-12-7-10(16)6-9(8-18)13(12)20-11-4-5-11/h6-8,11H,4-5H2,1-3H3,(H,17,19). The van der Waals surface area contributed by atoms with Crippen molar-refractivity contribution in [2.75, 3.05) is 5.32 Å². The summed E-state index contributed by atoms with van der Waals surface area (Å²) in [6.07, 6.45) is 1.53. The van der Waals surface area contributed by atoms with E-state index in [0.717, 1.165) is 25.0 Å². The third kappa shape index (κ3) is 4.44. The van der Waals surface area contributed by atoms with Gasteiger partial charge in [-0.1, -0.05) is 0 Å². The Morgan fingerprint density at radius 2 is 2.05 bits per heavy atom. The highest BCUT2D eigenvalue weighted by molar-refractivity contribution is 5.91. The number of benzene rings is 1. The molecule has 0 aliphatic heterocycles. The minimum absolute atomic E-state index is 0.00773. The number of amides is 1. The second-order valence-corrected chi connectivity index (χ2v) is 5.93. The van der Waals surface area contributed by atoms with Gasteiger partial charge in [-0.05, 0) is 39.7 Å². The highest BCUT2D eigenvalue weighted by atomic mass is 19.1. The van der Waals surface area contributed by atoms with Crippen molar-refractivity contribution in [2.24, 2.45) is 0 Å². The molecule has 0 aromatic heterocycles. The summed E-state index contributed by atoms with van der Waals surface area (Å²) in [5.74, 6) is -0.453. The molecule has 1 aromatic carbocycles. The Morgan fingerprint density at radius 1 is 1.38 bits per heavy atom. The van der Waals surface area contributed by atoms with Crippen molar-refractivity contribution in [3.63, 3.8) is 0 Å². The minimum Gasteiger partial charge on any atom is -0.487 e. The zero-order chi connectivity index (χ0) is 15.6.